The van der Waals surface area contributed by atoms with E-state index in [1.165, 1.54) is 0 Å². The van der Waals surface area contributed by atoms with Crippen molar-refractivity contribution in [2.75, 3.05) is 0 Å². The van der Waals surface area contributed by atoms with Crippen LogP contribution in [0.1, 0.15) is 12.8 Å². The molecule has 0 unspecified atom stereocenters. The Labute approximate surface area is 129 Å². The Kier molecular flexibility index (Phi) is 11.4. The van der Waals surface area contributed by atoms with Crippen molar-refractivity contribution in [2.45, 2.75) is 18.3 Å². The Morgan fingerprint density at radius 3 is 1.37 bits per heavy atom. The Morgan fingerprint density at radius 2 is 1.32 bits per heavy atom. The van der Waals surface area contributed by atoms with Crippen LogP contribution in [0, 0.1) is 12.2 Å². The van der Waals surface area contributed by atoms with Crippen molar-refractivity contribution < 1.29 is 52.3 Å². The summed E-state index contributed by atoms with van der Waals surface area (Å²) < 4.78 is 58.9. The Bertz CT molecular complexity index is 406. The molecule has 0 aromatic rings. The van der Waals surface area contributed by atoms with Crippen LogP contribution in [0.5, 0.6) is 0 Å². The average molecular weight is 370 g/mol. The summed E-state index contributed by atoms with van der Waals surface area (Å²) in [7, 11) is -6.09. The van der Waals surface area contributed by atoms with E-state index in [0.29, 0.717) is 0 Å². The second-order valence-corrected chi connectivity index (χ2v) is 4.28. The minimum atomic E-state index is -6.09. The molecule has 104 valence electrons. The summed E-state index contributed by atoms with van der Waals surface area (Å²) in [5.41, 5.74) is -5.65. The SMILES string of the molecule is O=S(=O)([O-])C(F)(F)F.[C-]1=CC=CC1.[C-]1=CC=CC1.[Zr+2]. The Morgan fingerprint density at radius 1 is 1.00 bits per heavy atom. The summed E-state index contributed by atoms with van der Waals surface area (Å²) in [5, 5.41) is 0. The molecule has 0 heterocycles. The topological polar surface area (TPSA) is 57.2 Å². The molecule has 19 heavy (non-hydrogen) atoms. The molecule has 2 aliphatic carbocycles. The molecule has 8 heteroatoms. The van der Waals surface area contributed by atoms with E-state index < -0.39 is 15.6 Å². The van der Waals surface area contributed by atoms with Gasteiger partial charge in [-0.1, -0.05) is 0 Å². The van der Waals surface area contributed by atoms with E-state index in [2.05, 4.69) is 24.3 Å². The van der Waals surface area contributed by atoms with Gasteiger partial charge in [0.25, 0.3) is 0 Å². The van der Waals surface area contributed by atoms with Crippen LogP contribution in [0.3, 0.4) is 0 Å². The van der Waals surface area contributed by atoms with Crippen molar-refractivity contribution in [3.63, 3.8) is 0 Å². The fourth-order valence-corrected chi connectivity index (χ4v) is 0.680. The largest absolute Gasteiger partial charge is 2.00 e. The van der Waals surface area contributed by atoms with Gasteiger partial charge in [0, 0.05) is 0 Å². The molecule has 0 atom stereocenters. The molecule has 0 fully saturated rings. The van der Waals surface area contributed by atoms with Gasteiger partial charge in [-0.2, -0.15) is 25.3 Å². The molecule has 0 aromatic heterocycles. The molecule has 0 amide bonds. The molecular formula is C11H10F3O3SZr-. The number of allylic oxidation sites excluding steroid dienone is 8. The second-order valence-electron chi connectivity index (χ2n) is 2.91. The van der Waals surface area contributed by atoms with Crippen molar-refractivity contribution in [2.24, 2.45) is 0 Å². The van der Waals surface area contributed by atoms with Crippen LogP contribution >= 0.6 is 0 Å². The third-order valence-electron chi connectivity index (χ3n) is 1.46. The minimum Gasteiger partial charge on any atom is -0.741 e. The minimum absolute atomic E-state index is 0. The molecule has 0 bridgehead atoms. The zero-order valence-electron chi connectivity index (χ0n) is 9.65. The molecule has 0 aromatic carbocycles. The summed E-state index contributed by atoms with van der Waals surface area (Å²) in [4.78, 5) is 0. The van der Waals surface area contributed by atoms with Gasteiger partial charge in [0.2, 0.25) is 0 Å². The molecule has 0 N–H and O–H groups in total. The van der Waals surface area contributed by atoms with Gasteiger partial charge in [-0.15, -0.1) is 12.8 Å². The van der Waals surface area contributed by atoms with Crippen LogP contribution in [-0.2, 0) is 36.3 Å². The van der Waals surface area contributed by atoms with Crippen LogP contribution in [0.2, 0.25) is 0 Å². The second kappa shape index (κ2) is 10.3. The average Bonchev–Trinajstić information content (AvgIpc) is 2.95. The van der Waals surface area contributed by atoms with Gasteiger partial charge in [-0.3, -0.25) is 12.2 Å². The van der Waals surface area contributed by atoms with Crippen LogP contribution in [0.4, 0.5) is 13.2 Å². The van der Waals surface area contributed by atoms with Gasteiger partial charge >= 0.3 is 31.7 Å². The van der Waals surface area contributed by atoms with Crippen molar-refractivity contribution in [3.05, 3.63) is 48.6 Å². The van der Waals surface area contributed by atoms with E-state index in [4.69, 9.17) is 13.0 Å². The molecular weight excluding hydrogens is 360 g/mol. The summed E-state index contributed by atoms with van der Waals surface area (Å²) in [6, 6.07) is 0. The number of hydrogen-bond donors (Lipinski definition) is 0. The van der Waals surface area contributed by atoms with E-state index >= 15 is 0 Å². The molecule has 2 aliphatic rings. The normalized spacial score (nSPS) is 15.2. The van der Waals surface area contributed by atoms with Crippen molar-refractivity contribution in [3.8, 4) is 0 Å². The maximum absolute atomic E-state index is 10.7. The molecule has 3 nitrogen and oxygen atoms in total. The van der Waals surface area contributed by atoms with Crippen molar-refractivity contribution >= 4 is 10.1 Å². The summed E-state index contributed by atoms with van der Waals surface area (Å²) in [6.07, 6.45) is 20.0. The van der Waals surface area contributed by atoms with E-state index in [9.17, 15) is 13.2 Å². The first-order chi connectivity index (χ1) is 8.25. The summed E-state index contributed by atoms with van der Waals surface area (Å²) >= 11 is 0. The first-order valence-corrected chi connectivity index (χ1v) is 6.11. The maximum atomic E-state index is 10.7. The first-order valence-electron chi connectivity index (χ1n) is 4.71. The van der Waals surface area contributed by atoms with Gasteiger partial charge in [0.15, 0.2) is 10.1 Å². The quantitative estimate of drug-likeness (QED) is 0.374. The van der Waals surface area contributed by atoms with Crippen molar-refractivity contribution in [1.82, 2.24) is 0 Å². The smallest absolute Gasteiger partial charge is 0.741 e. The number of rotatable bonds is 0. The van der Waals surface area contributed by atoms with Gasteiger partial charge in [0.05, 0.1) is 0 Å². The first kappa shape index (κ1) is 20.9. The van der Waals surface area contributed by atoms with Gasteiger partial charge in [-0.05, 0) is 0 Å². The van der Waals surface area contributed by atoms with Gasteiger partial charge in [0.1, 0.15) is 0 Å². The Hall–Kier alpha value is -0.457. The van der Waals surface area contributed by atoms with Gasteiger partial charge < -0.3 is 4.55 Å². The van der Waals surface area contributed by atoms with Crippen LogP contribution in [0.15, 0.2) is 36.5 Å². The van der Waals surface area contributed by atoms with E-state index in [0.717, 1.165) is 12.8 Å². The zero-order valence-corrected chi connectivity index (χ0v) is 12.9. The molecule has 0 aliphatic heterocycles. The molecule has 0 radical (unpaired) electrons. The van der Waals surface area contributed by atoms with E-state index in [-0.39, 0.29) is 26.2 Å². The monoisotopic (exact) mass is 369 g/mol. The Balaban J connectivity index is 0. The third-order valence-corrected chi connectivity index (χ3v) is 2.02. The van der Waals surface area contributed by atoms with Crippen molar-refractivity contribution in [1.29, 1.82) is 0 Å². The van der Waals surface area contributed by atoms with Crippen LogP contribution in [-0.4, -0.2) is 18.5 Å². The maximum Gasteiger partial charge on any atom is 2.00 e. The summed E-state index contributed by atoms with van der Waals surface area (Å²) in [5.74, 6) is 0. The molecule has 0 saturated carbocycles. The van der Waals surface area contributed by atoms with Crippen LogP contribution < -0.4 is 0 Å². The molecule has 0 spiro atoms. The van der Waals surface area contributed by atoms with E-state index in [1.54, 1.807) is 0 Å². The predicted molar refractivity (Wildman–Crippen MR) is 58.9 cm³/mol. The number of hydrogen-bond acceptors (Lipinski definition) is 3. The third kappa shape index (κ3) is 12.3. The number of halogens is 3. The standard InChI is InChI=1S/2C5H5.CHF3O3S.Zr/c2*1-2-4-5-3-1;2-1(3,4)8(5,6)7;/h2*1-3H,4H2;(H,5,6,7);/q2*-1;;+2/p-1. The summed E-state index contributed by atoms with van der Waals surface area (Å²) in [6.45, 7) is 0. The predicted octanol–water partition coefficient (Wildman–Crippen LogP) is 2.66. The zero-order chi connectivity index (χ0) is 14.1. The van der Waals surface area contributed by atoms with Crippen LogP contribution in [0.25, 0.3) is 0 Å². The fourth-order valence-electron chi connectivity index (χ4n) is 0.680. The molecule has 0 saturated heterocycles. The molecule has 2 rings (SSSR count). The van der Waals surface area contributed by atoms with E-state index in [1.807, 2.05) is 24.3 Å². The number of alkyl halides is 3. The fraction of sp³-hybridized carbons (Fsp3) is 0.273. The van der Waals surface area contributed by atoms with Gasteiger partial charge in [-0.25, -0.2) is 32.7 Å².